The molecule has 0 atom stereocenters. The van der Waals surface area contributed by atoms with Gasteiger partial charge in [0.05, 0.1) is 5.56 Å². The van der Waals surface area contributed by atoms with Gasteiger partial charge in [-0.15, -0.1) is 0 Å². The van der Waals surface area contributed by atoms with Crippen LogP contribution in [0.3, 0.4) is 0 Å². The number of furan rings is 1. The van der Waals surface area contributed by atoms with Crippen LogP contribution in [0.5, 0.6) is 0 Å². The zero-order valence-corrected chi connectivity index (χ0v) is 15.6. The first-order valence-corrected chi connectivity index (χ1v) is 8.47. The molecule has 0 fully saturated rings. The number of anilines is 1. The van der Waals surface area contributed by atoms with Gasteiger partial charge < -0.3 is 19.8 Å². The largest absolute Gasteiger partial charge is 0.453 e. The number of alkyl halides is 3. The van der Waals surface area contributed by atoms with Crippen LogP contribution in [0.2, 0.25) is 0 Å². The summed E-state index contributed by atoms with van der Waals surface area (Å²) in [6, 6.07) is 5.95. The second-order valence-electron chi connectivity index (χ2n) is 6.93. The van der Waals surface area contributed by atoms with E-state index in [-0.39, 0.29) is 30.2 Å². The van der Waals surface area contributed by atoms with Crippen LogP contribution in [0.4, 0.5) is 23.7 Å². The van der Waals surface area contributed by atoms with Gasteiger partial charge in [-0.05, 0) is 51.1 Å². The van der Waals surface area contributed by atoms with Crippen molar-refractivity contribution in [2.45, 2.75) is 32.5 Å². The fraction of sp³-hybridized carbons (Fsp3) is 0.368. The molecule has 2 rings (SSSR count). The van der Waals surface area contributed by atoms with Gasteiger partial charge in [-0.3, -0.25) is 4.79 Å². The Morgan fingerprint density at radius 3 is 2.43 bits per heavy atom. The molecule has 1 heterocycles. The third-order valence-electron chi connectivity index (χ3n) is 3.46. The van der Waals surface area contributed by atoms with Gasteiger partial charge in [0.1, 0.15) is 11.4 Å². The Morgan fingerprint density at radius 2 is 1.86 bits per heavy atom. The van der Waals surface area contributed by atoms with Crippen LogP contribution in [0, 0.1) is 0 Å². The Hall–Kier alpha value is -2.97. The molecule has 1 amide bonds. The first kappa shape index (κ1) is 21.3. The van der Waals surface area contributed by atoms with E-state index in [1.54, 1.807) is 20.8 Å². The van der Waals surface area contributed by atoms with Gasteiger partial charge >= 0.3 is 12.3 Å². The van der Waals surface area contributed by atoms with E-state index in [9.17, 15) is 22.8 Å². The molecule has 0 spiro atoms. The number of benzene rings is 1. The molecule has 0 saturated heterocycles. The fourth-order valence-corrected chi connectivity index (χ4v) is 2.32. The van der Waals surface area contributed by atoms with E-state index in [4.69, 9.17) is 9.15 Å². The Labute approximate surface area is 160 Å². The zero-order chi connectivity index (χ0) is 20.9. The lowest BCUT2D eigenvalue weighted by molar-refractivity contribution is -0.137. The zero-order valence-electron chi connectivity index (χ0n) is 15.6. The number of hydrogen-bond donors (Lipinski definition) is 2. The number of amides is 1. The van der Waals surface area contributed by atoms with E-state index in [0.29, 0.717) is 12.0 Å². The van der Waals surface area contributed by atoms with E-state index < -0.39 is 23.4 Å². The van der Waals surface area contributed by atoms with Crippen LogP contribution < -0.4 is 10.6 Å². The van der Waals surface area contributed by atoms with E-state index >= 15 is 0 Å². The highest BCUT2D eigenvalue weighted by Gasteiger charge is 2.31. The van der Waals surface area contributed by atoms with Crippen molar-refractivity contribution < 1.29 is 31.9 Å². The van der Waals surface area contributed by atoms with E-state index in [1.807, 2.05) is 0 Å². The van der Waals surface area contributed by atoms with E-state index in [2.05, 4.69) is 10.6 Å². The second kappa shape index (κ2) is 8.37. The molecule has 28 heavy (non-hydrogen) atoms. The lowest BCUT2D eigenvalue weighted by atomic mass is 10.1. The van der Waals surface area contributed by atoms with Gasteiger partial charge in [0.2, 0.25) is 0 Å². The smallest absolute Gasteiger partial charge is 0.416 e. The molecule has 1 aromatic carbocycles. The molecule has 0 saturated carbocycles. The second-order valence-corrected chi connectivity index (χ2v) is 6.93. The summed E-state index contributed by atoms with van der Waals surface area (Å²) >= 11 is 0. The molecule has 1 aromatic heterocycles. The Bertz CT molecular complexity index is 838. The number of carbonyl (C=O) groups excluding carboxylic acids is 2. The number of hydrogen-bond acceptors (Lipinski definition) is 5. The van der Waals surface area contributed by atoms with Crippen molar-refractivity contribution in [3.63, 3.8) is 0 Å². The maximum Gasteiger partial charge on any atom is 0.416 e. The van der Waals surface area contributed by atoms with Crippen LogP contribution in [0.15, 0.2) is 34.7 Å². The van der Waals surface area contributed by atoms with Crippen molar-refractivity contribution in [2.24, 2.45) is 0 Å². The third kappa shape index (κ3) is 6.04. The molecule has 152 valence electrons. The van der Waals surface area contributed by atoms with Crippen LogP contribution in [0.1, 0.15) is 36.9 Å². The lowest BCUT2D eigenvalue weighted by Crippen LogP contribution is -2.35. The summed E-state index contributed by atoms with van der Waals surface area (Å²) in [6.45, 7) is 5.62. The summed E-state index contributed by atoms with van der Waals surface area (Å²) in [4.78, 5) is 22.4. The highest BCUT2D eigenvalue weighted by Crippen LogP contribution is 2.36. The minimum absolute atomic E-state index is 0.00459. The lowest BCUT2D eigenvalue weighted by Gasteiger charge is -2.20. The van der Waals surface area contributed by atoms with Crippen LogP contribution in [-0.2, 0) is 10.9 Å². The Balaban J connectivity index is 2.12. The average molecular weight is 398 g/mol. The summed E-state index contributed by atoms with van der Waals surface area (Å²) < 4.78 is 49.5. The maximum absolute atomic E-state index is 13.0. The van der Waals surface area contributed by atoms with E-state index in [0.717, 1.165) is 12.1 Å². The molecule has 0 aliphatic rings. The molecule has 0 aliphatic carbocycles. The monoisotopic (exact) mass is 398 g/mol. The quantitative estimate of drug-likeness (QED) is 0.544. The molecule has 2 aromatic rings. The van der Waals surface area contributed by atoms with Crippen molar-refractivity contribution in [3.05, 3.63) is 41.7 Å². The number of ether oxygens (including phenoxy) is 1. The number of carbonyl (C=O) groups is 2. The van der Waals surface area contributed by atoms with Gasteiger partial charge in [0.25, 0.3) is 0 Å². The molecule has 9 heteroatoms. The number of nitrogens with one attached hydrogen (secondary N) is 2. The Morgan fingerprint density at radius 1 is 1.14 bits per heavy atom. The number of rotatable bonds is 6. The highest BCUT2D eigenvalue weighted by atomic mass is 19.4. The Kier molecular flexibility index (Phi) is 6.37. The topological polar surface area (TPSA) is 80.6 Å². The number of halogens is 3. The van der Waals surface area contributed by atoms with Crippen molar-refractivity contribution >= 4 is 18.1 Å². The predicted octanol–water partition coefficient (Wildman–Crippen LogP) is 4.71. The van der Waals surface area contributed by atoms with Gasteiger partial charge in [0, 0.05) is 24.3 Å². The summed E-state index contributed by atoms with van der Waals surface area (Å²) in [7, 11) is 0. The molecular formula is C19H21F3N2O4. The van der Waals surface area contributed by atoms with Crippen molar-refractivity contribution in [1.29, 1.82) is 0 Å². The van der Waals surface area contributed by atoms with Crippen LogP contribution in [-0.4, -0.2) is 31.1 Å². The molecule has 0 unspecified atom stereocenters. The van der Waals surface area contributed by atoms with Crippen molar-refractivity contribution in [1.82, 2.24) is 5.32 Å². The normalized spacial score (nSPS) is 11.8. The average Bonchev–Trinajstić information content (AvgIpc) is 3.05. The number of alkyl carbamates (subject to hydrolysis) is 1. The molecule has 0 aliphatic heterocycles. The SMILES string of the molecule is CC(C)(C)OC(=O)NCCNc1ccc(C(F)(F)F)cc1-c1ccc(C=O)o1. The van der Waals surface area contributed by atoms with Gasteiger partial charge in [-0.1, -0.05) is 0 Å². The van der Waals surface area contributed by atoms with E-state index in [1.165, 1.54) is 18.2 Å². The van der Waals surface area contributed by atoms with Gasteiger partial charge in [-0.2, -0.15) is 13.2 Å². The first-order chi connectivity index (χ1) is 13.0. The summed E-state index contributed by atoms with van der Waals surface area (Å²) in [5.41, 5.74) is -0.955. The first-order valence-electron chi connectivity index (χ1n) is 8.47. The van der Waals surface area contributed by atoms with Gasteiger partial charge in [0.15, 0.2) is 12.0 Å². The number of aldehydes is 1. The standard InChI is InChI=1S/C19H21F3N2O4/c1-18(2,3)28-17(26)24-9-8-23-15-6-4-12(19(20,21)22)10-14(15)16-7-5-13(11-25)27-16/h4-7,10-11,23H,8-9H2,1-3H3,(H,24,26). The molecule has 2 N–H and O–H groups in total. The summed E-state index contributed by atoms with van der Waals surface area (Å²) in [6.07, 6.45) is -4.65. The van der Waals surface area contributed by atoms with Gasteiger partial charge in [-0.25, -0.2) is 4.79 Å². The fourth-order valence-electron chi connectivity index (χ4n) is 2.32. The van der Waals surface area contributed by atoms with Crippen LogP contribution in [0.25, 0.3) is 11.3 Å². The molecular weight excluding hydrogens is 377 g/mol. The molecule has 6 nitrogen and oxygen atoms in total. The van der Waals surface area contributed by atoms with Crippen molar-refractivity contribution in [2.75, 3.05) is 18.4 Å². The minimum Gasteiger partial charge on any atom is -0.453 e. The van der Waals surface area contributed by atoms with Crippen LogP contribution >= 0.6 is 0 Å². The summed E-state index contributed by atoms with van der Waals surface area (Å²) in [5.74, 6) is 0.126. The predicted molar refractivity (Wildman–Crippen MR) is 97.3 cm³/mol. The highest BCUT2D eigenvalue weighted by molar-refractivity contribution is 5.78. The summed E-state index contributed by atoms with van der Waals surface area (Å²) in [5, 5.41) is 5.49. The van der Waals surface area contributed by atoms with Crippen molar-refractivity contribution in [3.8, 4) is 11.3 Å². The maximum atomic E-state index is 13.0. The molecule has 0 radical (unpaired) electrons. The minimum atomic E-state index is -4.52. The third-order valence-corrected chi connectivity index (χ3v) is 3.46. The molecule has 0 bridgehead atoms.